The fourth-order valence-corrected chi connectivity index (χ4v) is 4.58. The molecule has 1 heterocycles. The molecule has 0 amide bonds. The van der Waals surface area contributed by atoms with E-state index in [-0.39, 0.29) is 23.1 Å². The number of nitrogens with two attached hydrogens (primary N) is 1. The third kappa shape index (κ3) is 3.18. The first-order valence-electron chi connectivity index (χ1n) is 6.93. The van der Waals surface area contributed by atoms with Gasteiger partial charge >= 0.3 is 0 Å². The molecule has 2 rings (SSSR count). The van der Waals surface area contributed by atoms with Crippen LogP contribution in [-0.2, 0) is 10.0 Å². The second kappa shape index (κ2) is 6.43. The summed E-state index contributed by atoms with van der Waals surface area (Å²) >= 11 is 0. The Balaban J connectivity index is 2.36. The van der Waals surface area contributed by atoms with Crippen LogP contribution in [0.25, 0.3) is 0 Å². The monoisotopic (exact) mass is 309 g/mol. The van der Waals surface area contributed by atoms with Gasteiger partial charge in [0.15, 0.2) is 0 Å². The van der Waals surface area contributed by atoms with Crippen molar-refractivity contribution in [3.63, 3.8) is 0 Å². The normalized spacial score (nSPS) is 19.5. The molecule has 0 spiro atoms. The lowest BCUT2D eigenvalue weighted by molar-refractivity contribution is 0.264. The lowest BCUT2D eigenvalue weighted by Gasteiger charge is -2.24. The number of rotatable bonds is 5. The Kier molecular flexibility index (Phi) is 4.83. The minimum atomic E-state index is -3.70. The van der Waals surface area contributed by atoms with E-state index in [2.05, 4.69) is 0 Å². The number of hydrogen-bond acceptors (Lipinski definition) is 5. The zero-order valence-corrected chi connectivity index (χ0v) is 12.5. The van der Waals surface area contributed by atoms with Crippen molar-refractivity contribution < 1.29 is 13.5 Å². The fourth-order valence-electron chi connectivity index (χ4n) is 2.73. The molecule has 0 radical (unpaired) electrons. The highest BCUT2D eigenvalue weighted by Gasteiger charge is 2.36. The molecule has 1 aromatic rings. The minimum Gasteiger partial charge on any atom is -0.399 e. The zero-order chi connectivity index (χ0) is 15.5. The van der Waals surface area contributed by atoms with Crippen LogP contribution in [0.5, 0.6) is 0 Å². The van der Waals surface area contributed by atoms with Gasteiger partial charge in [-0.3, -0.25) is 0 Å². The summed E-state index contributed by atoms with van der Waals surface area (Å²) in [6.07, 6.45) is 2.79. The van der Waals surface area contributed by atoms with Crippen molar-refractivity contribution in [2.45, 2.75) is 36.6 Å². The van der Waals surface area contributed by atoms with E-state index in [1.54, 1.807) is 0 Å². The van der Waals surface area contributed by atoms with E-state index in [9.17, 15) is 8.42 Å². The van der Waals surface area contributed by atoms with E-state index in [0.717, 1.165) is 12.8 Å². The Morgan fingerprint density at radius 2 is 2.24 bits per heavy atom. The van der Waals surface area contributed by atoms with Crippen molar-refractivity contribution in [2.75, 3.05) is 18.9 Å². The first kappa shape index (κ1) is 15.8. The SMILES string of the molecule is N#Cc1cc(N)ccc1S(=O)(=O)N1CCCC1CCCO. The third-order valence-electron chi connectivity index (χ3n) is 3.73. The highest BCUT2D eigenvalue weighted by atomic mass is 32.2. The van der Waals surface area contributed by atoms with Crippen molar-refractivity contribution in [1.29, 1.82) is 5.26 Å². The number of benzene rings is 1. The first-order valence-corrected chi connectivity index (χ1v) is 8.37. The van der Waals surface area contributed by atoms with Gasteiger partial charge in [-0.15, -0.1) is 0 Å². The molecule has 0 saturated carbocycles. The van der Waals surface area contributed by atoms with Crippen LogP contribution in [0.15, 0.2) is 23.1 Å². The summed E-state index contributed by atoms with van der Waals surface area (Å²) in [7, 11) is -3.70. The molecular weight excluding hydrogens is 290 g/mol. The summed E-state index contributed by atoms with van der Waals surface area (Å²) in [6.45, 7) is 0.503. The highest BCUT2D eigenvalue weighted by molar-refractivity contribution is 7.89. The molecule has 1 unspecified atom stereocenters. The van der Waals surface area contributed by atoms with Gasteiger partial charge in [0, 0.05) is 24.9 Å². The van der Waals surface area contributed by atoms with Gasteiger partial charge < -0.3 is 10.8 Å². The Hall–Kier alpha value is -1.62. The predicted octanol–water partition coefficient (Wildman–Crippen LogP) is 1.07. The van der Waals surface area contributed by atoms with E-state index >= 15 is 0 Å². The smallest absolute Gasteiger partial charge is 0.244 e. The molecule has 114 valence electrons. The lowest BCUT2D eigenvalue weighted by Crippen LogP contribution is -2.36. The summed E-state index contributed by atoms with van der Waals surface area (Å²) in [5.74, 6) is 0. The molecule has 1 fully saturated rings. The largest absolute Gasteiger partial charge is 0.399 e. The lowest BCUT2D eigenvalue weighted by atomic mass is 10.1. The number of sulfonamides is 1. The molecule has 1 atom stereocenters. The van der Waals surface area contributed by atoms with E-state index in [1.807, 2.05) is 6.07 Å². The van der Waals surface area contributed by atoms with Gasteiger partial charge in [-0.2, -0.15) is 9.57 Å². The molecule has 0 aliphatic carbocycles. The van der Waals surface area contributed by atoms with Crippen LogP contribution >= 0.6 is 0 Å². The van der Waals surface area contributed by atoms with Gasteiger partial charge in [0.25, 0.3) is 0 Å². The second-order valence-corrected chi connectivity index (χ2v) is 7.00. The van der Waals surface area contributed by atoms with Gasteiger partial charge in [-0.1, -0.05) is 0 Å². The molecule has 21 heavy (non-hydrogen) atoms. The van der Waals surface area contributed by atoms with Crippen LogP contribution in [0.4, 0.5) is 5.69 Å². The number of nitrogens with zero attached hydrogens (tertiary/aromatic N) is 2. The van der Waals surface area contributed by atoms with Crippen LogP contribution in [-0.4, -0.2) is 37.0 Å². The minimum absolute atomic E-state index is 0.00935. The molecule has 1 aromatic carbocycles. The quantitative estimate of drug-likeness (QED) is 0.791. The Bertz CT molecular complexity index is 652. The van der Waals surface area contributed by atoms with Crippen LogP contribution in [0.2, 0.25) is 0 Å². The molecule has 3 N–H and O–H groups in total. The maximum atomic E-state index is 12.8. The van der Waals surface area contributed by atoms with Gasteiger partial charge in [0.05, 0.1) is 5.56 Å². The van der Waals surface area contributed by atoms with Gasteiger partial charge in [-0.25, -0.2) is 8.42 Å². The summed E-state index contributed by atoms with van der Waals surface area (Å²) in [4.78, 5) is 0.00935. The summed E-state index contributed by atoms with van der Waals surface area (Å²) < 4.78 is 27.0. The molecule has 1 aliphatic heterocycles. The molecule has 7 heteroatoms. The van der Waals surface area contributed by atoms with Crippen LogP contribution in [0, 0.1) is 11.3 Å². The first-order chi connectivity index (χ1) is 10.0. The zero-order valence-electron chi connectivity index (χ0n) is 11.7. The number of nitriles is 1. The second-order valence-electron chi connectivity index (χ2n) is 5.15. The van der Waals surface area contributed by atoms with Gasteiger partial charge in [-0.05, 0) is 43.9 Å². The number of nitrogen functional groups attached to an aromatic ring is 1. The maximum Gasteiger partial charge on any atom is 0.244 e. The Morgan fingerprint density at radius 3 is 2.90 bits per heavy atom. The van der Waals surface area contributed by atoms with Crippen LogP contribution < -0.4 is 5.73 Å². The van der Waals surface area contributed by atoms with E-state index in [4.69, 9.17) is 16.1 Å². The third-order valence-corrected chi connectivity index (χ3v) is 5.74. The number of anilines is 1. The van der Waals surface area contributed by atoms with Crippen LogP contribution in [0.3, 0.4) is 0 Å². The van der Waals surface area contributed by atoms with E-state index in [0.29, 0.717) is 25.1 Å². The summed E-state index contributed by atoms with van der Waals surface area (Å²) in [6, 6.07) is 6.06. The predicted molar refractivity (Wildman–Crippen MR) is 78.8 cm³/mol. The standard InChI is InChI=1S/C14H19N3O3S/c15-10-11-9-12(16)5-6-14(11)21(19,20)17-7-1-3-13(17)4-2-8-18/h5-6,9,13,18H,1-4,7-8,16H2. The van der Waals surface area contributed by atoms with Gasteiger partial charge in [0.1, 0.15) is 11.0 Å². The molecular formula is C14H19N3O3S. The van der Waals surface area contributed by atoms with E-state index in [1.165, 1.54) is 22.5 Å². The van der Waals surface area contributed by atoms with Crippen molar-refractivity contribution in [3.8, 4) is 6.07 Å². The molecule has 0 bridgehead atoms. The van der Waals surface area contributed by atoms with Crippen LogP contribution in [0.1, 0.15) is 31.2 Å². The summed E-state index contributed by atoms with van der Waals surface area (Å²) in [5, 5.41) is 18.1. The topological polar surface area (TPSA) is 107 Å². The van der Waals surface area contributed by atoms with Crippen molar-refractivity contribution in [3.05, 3.63) is 23.8 Å². The maximum absolute atomic E-state index is 12.8. The molecule has 6 nitrogen and oxygen atoms in total. The number of hydrogen-bond donors (Lipinski definition) is 2. The van der Waals surface area contributed by atoms with Gasteiger partial charge in [0.2, 0.25) is 10.0 Å². The average Bonchev–Trinajstić information content (AvgIpc) is 2.93. The number of aliphatic hydroxyl groups excluding tert-OH is 1. The molecule has 1 saturated heterocycles. The summed E-state index contributed by atoms with van der Waals surface area (Å²) in [5.41, 5.74) is 6.04. The highest BCUT2D eigenvalue weighted by Crippen LogP contribution is 2.30. The molecule has 0 aromatic heterocycles. The van der Waals surface area contributed by atoms with Crippen molar-refractivity contribution in [2.24, 2.45) is 0 Å². The number of aliphatic hydroxyl groups is 1. The fraction of sp³-hybridized carbons (Fsp3) is 0.500. The van der Waals surface area contributed by atoms with Crippen molar-refractivity contribution >= 4 is 15.7 Å². The average molecular weight is 309 g/mol. The van der Waals surface area contributed by atoms with E-state index < -0.39 is 10.0 Å². The Labute approximate surface area is 124 Å². The Morgan fingerprint density at radius 1 is 1.48 bits per heavy atom. The molecule has 1 aliphatic rings. The van der Waals surface area contributed by atoms with Crippen molar-refractivity contribution in [1.82, 2.24) is 4.31 Å².